The summed E-state index contributed by atoms with van der Waals surface area (Å²) in [6.45, 7) is 6.54. The van der Waals surface area contributed by atoms with E-state index in [2.05, 4.69) is 9.71 Å². The lowest BCUT2D eigenvalue weighted by Crippen LogP contribution is -2.31. The van der Waals surface area contributed by atoms with Gasteiger partial charge < -0.3 is 9.47 Å². The second-order valence-corrected chi connectivity index (χ2v) is 14.5. The summed E-state index contributed by atoms with van der Waals surface area (Å²) in [6.07, 6.45) is 7.70. The molecule has 0 bridgehead atoms. The maximum absolute atomic E-state index is 13.1. The van der Waals surface area contributed by atoms with E-state index in [0.29, 0.717) is 11.6 Å². The molecule has 0 amide bonds. The van der Waals surface area contributed by atoms with Gasteiger partial charge in [-0.15, -0.1) is 23.1 Å². The fraction of sp³-hybridized carbons (Fsp3) is 0.556. The SMILES string of the molecule is Cc1ccc(S(=O)(=O)Nc2nc(=O)n3c(C)c(C)sc(SCC4CCC(OC5CCCCO5)CC4)c2-3)cc1. The number of nitrogens with one attached hydrogen (secondary N) is 1. The average molecular weight is 578 g/mol. The molecular formula is C27H35N3O5S3. The summed E-state index contributed by atoms with van der Waals surface area (Å²) in [5, 5.41) is 0. The number of hydrogen-bond donors (Lipinski definition) is 1. The quantitative estimate of drug-likeness (QED) is 0.345. The van der Waals surface area contributed by atoms with Crippen molar-refractivity contribution in [3.63, 3.8) is 0 Å². The third-order valence-electron chi connectivity index (χ3n) is 7.42. The Kier molecular flexibility index (Phi) is 8.49. The highest BCUT2D eigenvalue weighted by molar-refractivity contribution is 8.01. The number of imidazole rings is 1. The van der Waals surface area contributed by atoms with E-state index >= 15 is 0 Å². The molecule has 1 N–H and O–H groups in total. The minimum absolute atomic E-state index is 0.0458. The van der Waals surface area contributed by atoms with Gasteiger partial charge >= 0.3 is 5.69 Å². The second-order valence-electron chi connectivity index (χ2n) is 10.3. The number of hydrogen-bond acceptors (Lipinski definition) is 8. The first-order chi connectivity index (χ1) is 18.2. The van der Waals surface area contributed by atoms with E-state index in [1.165, 1.54) is 11.0 Å². The van der Waals surface area contributed by atoms with Gasteiger partial charge in [-0.25, -0.2) is 13.2 Å². The molecular weight excluding hydrogens is 543 g/mol. The Hall–Kier alpha value is -1.92. The fourth-order valence-electron chi connectivity index (χ4n) is 5.05. The Morgan fingerprint density at radius 3 is 2.53 bits per heavy atom. The fourth-order valence-corrected chi connectivity index (χ4v) is 8.72. The summed E-state index contributed by atoms with van der Waals surface area (Å²) in [7, 11) is -3.90. The number of thioether (sulfide) groups is 1. The molecule has 0 radical (unpaired) electrons. The minimum Gasteiger partial charge on any atom is -0.353 e. The first kappa shape index (κ1) is 27.6. The van der Waals surface area contributed by atoms with Crippen molar-refractivity contribution in [1.29, 1.82) is 0 Å². The number of nitrogens with zero attached hydrogens (tertiary/aromatic N) is 2. The van der Waals surface area contributed by atoms with Gasteiger partial charge in [-0.2, -0.15) is 4.98 Å². The number of benzene rings is 1. The molecule has 1 unspecified atom stereocenters. The van der Waals surface area contributed by atoms with Gasteiger partial charge in [0.1, 0.15) is 5.69 Å². The first-order valence-electron chi connectivity index (χ1n) is 13.2. The number of sulfonamides is 1. The molecule has 3 aliphatic heterocycles. The van der Waals surface area contributed by atoms with Crippen molar-refractivity contribution in [1.82, 2.24) is 9.55 Å². The van der Waals surface area contributed by atoms with Crippen molar-refractivity contribution >= 4 is 38.9 Å². The number of anilines is 1. The van der Waals surface area contributed by atoms with Gasteiger partial charge in [0.25, 0.3) is 10.0 Å². The Balaban J connectivity index is 1.31. The van der Waals surface area contributed by atoms with Crippen LogP contribution in [0.1, 0.15) is 61.1 Å². The highest BCUT2D eigenvalue weighted by atomic mass is 32.2. The van der Waals surface area contributed by atoms with Crippen LogP contribution in [0.3, 0.4) is 0 Å². The molecule has 3 heterocycles. The summed E-state index contributed by atoms with van der Waals surface area (Å²) < 4.78 is 43.2. The molecule has 1 aromatic rings. The normalized spacial score (nSPS) is 22.6. The molecule has 206 valence electrons. The molecule has 11 heteroatoms. The van der Waals surface area contributed by atoms with Crippen LogP contribution in [0.2, 0.25) is 0 Å². The van der Waals surface area contributed by atoms with E-state index in [9.17, 15) is 13.2 Å². The van der Waals surface area contributed by atoms with Crippen molar-refractivity contribution < 1.29 is 17.9 Å². The van der Waals surface area contributed by atoms with E-state index in [1.807, 2.05) is 20.8 Å². The predicted molar refractivity (Wildman–Crippen MR) is 152 cm³/mol. The van der Waals surface area contributed by atoms with Crippen LogP contribution in [0.5, 0.6) is 0 Å². The molecule has 38 heavy (non-hydrogen) atoms. The standard InChI is InChI=1S/C27H35N3O5S3/c1-17-7-13-22(14-8-17)38(32,33)29-25-24-26(37-19(3)18(2)30(24)27(31)28-25)36-16-20-9-11-21(12-10-20)35-23-6-4-5-15-34-23/h7-8,13-14,20-21,23H,4-6,9-12,15-16H2,1-3H3,(H,28,29,31). The summed E-state index contributed by atoms with van der Waals surface area (Å²) in [5.74, 6) is 1.51. The predicted octanol–water partition coefficient (Wildman–Crippen LogP) is 5.65. The van der Waals surface area contributed by atoms with Gasteiger partial charge in [0.2, 0.25) is 0 Å². The smallest absolute Gasteiger partial charge is 0.353 e. The molecule has 4 aliphatic rings. The Morgan fingerprint density at radius 1 is 1.11 bits per heavy atom. The number of aryl methyl sites for hydroxylation is 2. The highest BCUT2D eigenvalue weighted by Gasteiger charge is 2.29. The number of ether oxygens (including phenoxy) is 2. The second kappa shape index (κ2) is 11.7. The maximum Gasteiger partial charge on any atom is 0.354 e. The largest absolute Gasteiger partial charge is 0.354 e. The molecule has 8 nitrogen and oxygen atoms in total. The number of rotatable bonds is 8. The number of aromatic nitrogens is 2. The molecule has 2 fully saturated rings. The van der Waals surface area contributed by atoms with Gasteiger partial charge in [-0.05, 0) is 83.8 Å². The summed E-state index contributed by atoms with van der Waals surface area (Å²) >= 11 is 3.27. The topological polar surface area (TPSA) is 99.5 Å². The molecule has 1 saturated heterocycles. The summed E-state index contributed by atoms with van der Waals surface area (Å²) in [4.78, 5) is 18.2. The molecule has 0 aromatic heterocycles. The molecule has 1 aliphatic carbocycles. The van der Waals surface area contributed by atoms with Crippen molar-refractivity contribution in [3.05, 3.63) is 50.9 Å². The van der Waals surface area contributed by atoms with Crippen LogP contribution in [0.4, 0.5) is 5.82 Å². The van der Waals surface area contributed by atoms with Gasteiger partial charge in [0, 0.05) is 22.9 Å². The van der Waals surface area contributed by atoms with Crippen LogP contribution in [0.15, 0.2) is 38.2 Å². The van der Waals surface area contributed by atoms with Crippen LogP contribution < -0.4 is 10.4 Å². The van der Waals surface area contributed by atoms with Crippen molar-refractivity contribution in [2.75, 3.05) is 17.1 Å². The first-order valence-corrected chi connectivity index (χ1v) is 16.5. The van der Waals surface area contributed by atoms with Crippen LogP contribution in [0.25, 0.3) is 5.69 Å². The van der Waals surface area contributed by atoms with Crippen LogP contribution >= 0.6 is 23.1 Å². The summed E-state index contributed by atoms with van der Waals surface area (Å²) in [5.41, 5.74) is 1.80. The highest BCUT2D eigenvalue weighted by Crippen LogP contribution is 2.41. The molecule has 1 aromatic carbocycles. The molecule has 1 saturated carbocycles. The third kappa shape index (κ3) is 6.12. The maximum atomic E-state index is 13.1. The van der Waals surface area contributed by atoms with Crippen molar-refractivity contribution in [2.45, 2.75) is 87.2 Å². The zero-order valence-corrected chi connectivity index (χ0v) is 24.5. The van der Waals surface area contributed by atoms with Gasteiger partial charge in [0.15, 0.2) is 12.1 Å². The lowest BCUT2D eigenvalue weighted by molar-refractivity contribution is -0.194. The van der Waals surface area contributed by atoms with Gasteiger partial charge in [-0.3, -0.25) is 9.29 Å². The third-order valence-corrected chi connectivity index (χ3v) is 11.5. The average Bonchev–Trinajstić information content (AvgIpc) is 3.22. The van der Waals surface area contributed by atoms with Gasteiger partial charge in [0.05, 0.1) is 15.2 Å². The van der Waals surface area contributed by atoms with E-state index < -0.39 is 15.7 Å². The molecule has 0 spiro atoms. The zero-order valence-electron chi connectivity index (χ0n) is 22.1. The monoisotopic (exact) mass is 577 g/mol. The van der Waals surface area contributed by atoms with Crippen molar-refractivity contribution in [2.24, 2.45) is 5.92 Å². The van der Waals surface area contributed by atoms with E-state index in [0.717, 1.165) is 71.2 Å². The molecule has 5 rings (SSSR count). The van der Waals surface area contributed by atoms with Crippen LogP contribution in [0, 0.1) is 26.7 Å². The Labute approximate surface area is 232 Å². The Morgan fingerprint density at radius 2 is 1.84 bits per heavy atom. The number of fused-ring (bicyclic) bond motifs is 1. The summed E-state index contributed by atoms with van der Waals surface area (Å²) in [6, 6.07) is 6.61. The van der Waals surface area contributed by atoms with E-state index in [-0.39, 0.29) is 23.1 Å². The van der Waals surface area contributed by atoms with Crippen LogP contribution in [-0.4, -0.2) is 42.7 Å². The zero-order chi connectivity index (χ0) is 26.9. The minimum atomic E-state index is -3.90. The van der Waals surface area contributed by atoms with E-state index in [1.54, 1.807) is 47.4 Å². The Bertz CT molecular complexity index is 1390. The van der Waals surface area contributed by atoms with Crippen molar-refractivity contribution in [3.8, 4) is 5.69 Å². The lowest BCUT2D eigenvalue weighted by Gasteiger charge is -2.32. The lowest BCUT2D eigenvalue weighted by atomic mass is 9.88. The van der Waals surface area contributed by atoms with Gasteiger partial charge in [-0.1, -0.05) is 17.7 Å². The van der Waals surface area contributed by atoms with E-state index in [4.69, 9.17) is 9.47 Å². The molecule has 1 atom stereocenters. The van der Waals surface area contributed by atoms with Crippen LogP contribution in [-0.2, 0) is 19.5 Å².